The van der Waals surface area contributed by atoms with Gasteiger partial charge in [0.15, 0.2) is 6.04 Å². The highest BCUT2D eigenvalue weighted by Gasteiger charge is 2.32. The molecule has 116 valence electrons. The summed E-state index contributed by atoms with van der Waals surface area (Å²) in [5.74, 6) is -1.26. The average Bonchev–Trinajstić information content (AvgIpc) is 2.89. The number of carboxylic acids is 1. The number of aromatic amines is 1. The number of hydrogen-bond donors (Lipinski definition) is 2. The normalized spacial score (nSPS) is 18.6. The molecule has 7 heteroatoms. The second-order valence-corrected chi connectivity index (χ2v) is 5.63. The zero-order valence-corrected chi connectivity index (χ0v) is 12.5. The molecule has 0 aliphatic carbocycles. The van der Waals surface area contributed by atoms with Gasteiger partial charge < -0.3 is 19.7 Å². The number of halogens is 1. The fourth-order valence-electron chi connectivity index (χ4n) is 2.68. The highest BCUT2D eigenvalue weighted by molar-refractivity contribution is 6.31. The number of nitrogens with one attached hydrogen (secondary N) is 1. The van der Waals surface area contributed by atoms with Crippen LogP contribution in [0, 0.1) is 0 Å². The largest absolute Gasteiger partial charge is 0.480 e. The molecule has 2 aromatic rings. The number of carbonyl (C=O) groups excluding carboxylic acids is 1. The quantitative estimate of drug-likeness (QED) is 0.900. The maximum Gasteiger partial charge on any atom is 0.328 e. The van der Waals surface area contributed by atoms with Gasteiger partial charge >= 0.3 is 5.97 Å². The number of morpholine rings is 1. The van der Waals surface area contributed by atoms with Gasteiger partial charge in [-0.1, -0.05) is 17.7 Å². The van der Waals surface area contributed by atoms with Gasteiger partial charge in [-0.15, -0.1) is 0 Å². The average molecular weight is 323 g/mol. The van der Waals surface area contributed by atoms with Crippen LogP contribution in [0.2, 0.25) is 5.02 Å². The number of H-pyrrole nitrogens is 1. The number of ether oxygens (including phenoxy) is 1. The van der Waals surface area contributed by atoms with E-state index in [4.69, 9.17) is 16.3 Å². The van der Waals surface area contributed by atoms with Crippen molar-refractivity contribution in [3.8, 4) is 0 Å². The zero-order valence-electron chi connectivity index (χ0n) is 11.7. The molecule has 1 atom stereocenters. The number of carboxylic acid groups (broad SMARTS) is 1. The molecule has 1 aliphatic heterocycles. The molecular formula is C15H15ClN2O4. The standard InChI is InChI=1S/C15H15ClN2O4/c16-10-1-2-11-9(7-17-12(11)6-10)5-14(19)18-3-4-22-8-13(18)15(20)21/h1-2,6-7,13,17H,3-5,8H2,(H,20,21)/t13-/m0/s1. The molecule has 0 saturated carbocycles. The molecule has 3 rings (SSSR count). The number of benzene rings is 1. The molecule has 1 aliphatic rings. The highest BCUT2D eigenvalue weighted by Crippen LogP contribution is 2.23. The maximum atomic E-state index is 12.5. The van der Waals surface area contributed by atoms with Crippen molar-refractivity contribution in [2.75, 3.05) is 19.8 Å². The summed E-state index contributed by atoms with van der Waals surface area (Å²) < 4.78 is 5.15. The number of aliphatic carboxylic acids is 1. The molecule has 2 N–H and O–H groups in total. The summed E-state index contributed by atoms with van der Waals surface area (Å²) in [5, 5.41) is 10.7. The van der Waals surface area contributed by atoms with Crippen molar-refractivity contribution in [2.45, 2.75) is 12.5 Å². The molecule has 0 unspecified atom stereocenters. The van der Waals surface area contributed by atoms with E-state index in [9.17, 15) is 14.7 Å². The second-order valence-electron chi connectivity index (χ2n) is 5.20. The summed E-state index contributed by atoms with van der Waals surface area (Å²) in [6.45, 7) is 0.688. The molecule has 0 spiro atoms. The van der Waals surface area contributed by atoms with Gasteiger partial charge in [-0.05, 0) is 17.7 Å². The van der Waals surface area contributed by atoms with Gasteiger partial charge in [-0.2, -0.15) is 0 Å². The Morgan fingerprint density at radius 3 is 3.05 bits per heavy atom. The first-order valence-electron chi connectivity index (χ1n) is 6.92. The third-order valence-corrected chi connectivity index (χ3v) is 4.04. The van der Waals surface area contributed by atoms with Crippen molar-refractivity contribution < 1.29 is 19.4 Å². The molecule has 1 amide bonds. The summed E-state index contributed by atoms with van der Waals surface area (Å²) in [6, 6.07) is 4.49. The van der Waals surface area contributed by atoms with E-state index in [-0.39, 0.29) is 18.9 Å². The summed E-state index contributed by atoms with van der Waals surface area (Å²) >= 11 is 5.94. The number of aromatic nitrogens is 1. The minimum absolute atomic E-state index is 0.0323. The van der Waals surface area contributed by atoms with Crippen molar-refractivity contribution in [3.63, 3.8) is 0 Å². The highest BCUT2D eigenvalue weighted by atomic mass is 35.5. The van der Waals surface area contributed by atoms with Crippen LogP contribution in [0.4, 0.5) is 0 Å². The van der Waals surface area contributed by atoms with Gasteiger partial charge in [-0.3, -0.25) is 4.79 Å². The first-order chi connectivity index (χ1) is 10.6. The fourth-order valence-corrected chi connectivity index (χ4v) is 2.85. The predicted molar refractivity (Wildman–Crippen MR) is 81.0 cm³/mol. The number of rotatable bonds is 3. The van der Waals surface area contributed by atoms with Gasteiger partial charge in [0.05, 0.1) is 19.6 Å². The maximum absolute atomic E-state index is 12.5. The first-order valence-corrected chi connectivity index (χ1v) is 7.29. The number of nitrogens with zero attached hydrogens (tertiary/aromatic N) is 1. The fraction of sp³-hybridized carbons (Fsp3) is 0.333. The SMILES string of the molecule is O=C(O)[C@@H]1COCCN1C(=O)Cc1c[nH]c2cc(Cl)ccc12. The zero-order chi connectivity index (χ0) is 15.7. The molecule has 6 nitrogen and oxygen atoms in total. The molecule has 1 aromatic carbocycles. The third-order valence-electron chi connectivity index (χ3n) is 3.81. The van der Waals surface area contributed by atoms with Gasteiger partial charge in [0.25, 0.3) is 0 Å². The van der Waals surface area contributed by atoms with Crippen LogP contribution in [0.15, 0.2) is 24.4 Å². The van der Waals surface area contributed by atoms with E-state index in [0.29, 0.717) is 18.2 Å². The number of fused-ring (bicyclic) bond motifs is 1. The van der Waals surface area contributed by atoms with Crippen LogP contribution in [0.1, 0.15) is 5.56 Å². The van der Waals surface area contributed by atoms with E-state index in [2.05, 4.69) is 4.98 Å². The van der Waals surface area contributed by atoms with Crippen LogP contribution in [-0.2, 0) is 20.7 Å². The Kier molecular flexibility index (Phi) is 4.04. The molecule has 2 heterocycles. The number of amides is 1. The van der Waals surface area contributed by atoms with E-state index in [1.165, 1.54) is 4.90 Å². The summed E-state index contributed by atoms with van der Waals surface area (Å²) in [7, 11) is 0. The minimum atomic E-state index is -1.04. The second kappa shape index (κ2) is 5.98. The number of carbonyl (C=O) groups is 2. The Balaban J connectivity index is 1.81. The van der Waals surface area contributed by atoms with Crippen molar-refractivity contribution in [1.82, 2.24) is 9.88 Å². The Morgan fingerprint density at radius 1 is 1.45 bits per heavy atom. The van der Waals surface area contributed by atoms with Crippen LogP contribution in [-0.4, -0.2) is 52.7 Å². The molecule has 0 bridgehead atoms. The first kappa shape index (κ1) is 14.9. The number of hydrogen-bond acceptors (Lipinski definition) is 3. The van der Waals surface area contributed by atoms with Crippen molar-refractivity contribution in [2.24, 2.45) is 0 Å². The van der Waals surface area contributed by atoms with Crippen LogP contribution >= 0.6 is 11.6 Å². The molecule has 0 radical (unpaired) electrons. The van der Waals surface area contributed by atoms with Gasteiger partial charge in [0.2, 0.25) is 5.91 Å². The van der Waals surface area contributed by atoms with E-state index >= 15 is 0 Å². The van der Waals surface area contributed by atoms with E-state index < -0.39 is 12.0 Å². The van der Waals surface area contributed by atoms with Crippen LogP contribution in [0.25, 0.3) is 10.9 Å². The smallest absolute Gasteiger partial charge is 0.328 e. The van der Waals surface area contributed by atoms with E-state index in [0.717, 1.165) is 16.5 Å². The van der Waals surface area contributed by atoms with Gasteiger partial charge in [-0.25, -0.2) is 4.79 Å². The predicted octanol–water partition coefficient (Wildman–Crippen LogP) is 1.68. The summed E-state index contributed by atoms with van der Waals surface area (Å²) in [6.07, 6.45) is 1.90. The molecule has 1 aromatic heterocycles. The Morgan fingerprint density at radius 2 is 2.27 bits per heavy atom. The lowest BCUT2D eigenvalue weighted by atomic mass is 10.1. The van der Waals surface area contributed by atoms with Crippen molar-refractivity contribution in [3.05, 3.63) is 35.0 Å². The van der Waals surface area contributed by atoms with Crippen molar-refractivity contribution >= 4 is 34.4 Å². The summed E-state index contributed by atoms with van der Waals surface area (Å²) in [5.41, 5.74) is 1.68. The van der Waals surface area contributed by atoms with Gasteiger partial charge in [0.1, 0.15) is 0 Å². The molecule has 1 fully saturated rings. The van der Waals surface area contributed by atoms with Crippen LogP contribution < -0.4 is 0 Å². The minimum Gasteiger partial charge on any atom is -0.480 e. The van der Waals surface area contributed by atoms with Crippen LogP contribution in [0.3, 0.4) is 0 Å². The van der Waals surface area contributed by atoms with Crippen molar-refractivity contribution in [1.29, 1.82) is 0 Å². The molecule has 22 heavy (non-hydrogen) atoms. The monoisotopic (exact) mass is 322 g/mol. The lowest BCUT2D eigenvalue weighted by Crippen LogP contribution is -2.53. The lowest BCUT2D eigenvalue weighted by Gasteiger charge is -2.32. The third kappa shape index (κ3) is 2.80. The van der Waals surface area contributed by atoms with E-state index in [1.807, 2.05) is 6.07 Å². The topological polar surface area (TPSA) is 82.6 Å². The summed E-state index contributed by atoms with van der Waals surface area (Å²) in [4.78, 5) is 28.1. The lowest BCUT2D eigenvalue weighted by molar-refractivity contribution is -0.157. The molecular weight excluding hydrogens is 308 g/mol. The Hall–Kier alpha value is -2.05. The molecule has 1 saturated heterocycles. The van der Waals surface area contributed by atoms with E-state index in [1.54, 1.807) is 18.3 Å². The Labute approximate surface area is 131 Å². The van der Waals surface area contributed by atoms with Gasteiger partial charge in [0, 0.05) is 28.7 Å². The van der Waals surface area contributed by atoms with Crippen LogP contribution in [0.5, 0.6) is 0 Å². The Bertz CT molecular complexity index is 727.